The second kappa shape index (κ2) is 4.90. The van der Waals surface area contributed by atoms with Gasteiger partial charge in [0.2, 0.25) is 5.56 Å². The minimum Gasteiger partial charge on any atom is -0.321 e. The molecular weight excluding hydrogens is 236 g/mol. The van der Waals surface area contributed by atoms with Crippen LogP contribution < -0.4 is 5.56 Å². The lowest BCUT2D eigenvalue weighted by Gasteiger charge is -2.04. The number of benzene rings is 1. The molecule has 0 saturated heterocycles. The Labute approximate surface area is 110 Å². The molecule has 0 fully saturated rings. The molecule has 0 saturated carbocycles. The van der Waals surface area contributed by atoms with Gasteiger partial charge in [0.15, 0.2) is 0 Å². The molecule has 0 atom stereocenters. The van der Waals surface area contributed by atoms with E-state index >= 15 is 0 Å². The van der Waals surface area contributed by atoms with Crippen molar-refractivity contribution in [3.05, 3.63) is 77.1 Å². The maximum absolute atomic E-state index is 11.3. The quantitative estimate of drug-likeness (QED) is 0.757. The van der Waals surface area contributed by atoms with Crippen LogP contribution in [-0.4, -0.2) is 9.97 Å². The van der Waals surface area contributed by atoms with Gasteiger partial charge in [0.05, 0.1) is 17.1 Å². The molecule has 19 heavy (non-hydrogen) atoms. The monoisotopic (exact) mass is 248 g/mol. The number of hydrogen-bond donors (Lipinski definition) is 1. The molecule has 0 unspecified atom stereocenters. The van der Waals surface area contributed by atoms with Crippen molar-refractivity contribution in [2.24, 2.45) is 0 Å². The number of aromatic nitrogens is 2. The molecule has 1 aromatic carbocycles. The highest BCUT2D eigenvalue weighted by atomic mass is 16.1. The van der Waals surface area contributed by atoms with Crippen LogP contribution >= 0.6 is 0 Å². The molecule has 2 heterocycles. The molecule has 1 N–H and O–H groups in total. The molecule has 0 amide bonds. The zero-order valence-electron chi connectivity index (χ0n) is 10.2. The van der Waals surface area contributed by atoms with E-state index in [1.807, 2.05) is 54.6 Å². The van der Waals surface area contributed by atoms with Crippen molar-refractivity contribution >= 4 is 0 Å². The first-order valence-electron chi connectivity index (χ1n) is 6.05. The van der Waals surface area contributed by atoms with Gasteiger partial charge in [-0.2, -0.15) is 0 Å². The molecule has 0 aliphatic rings. The second-order valence-corrected chi connectivity index (χ2v) is 4.20. The zero-order chi connectivity index (χ0) is 13.1. The number of aromatic amines is 1. The summed E-state index contributed by atoms with van der Waals surface area (Å²) in [6.07, 6.45) is 0. The van der Waals surface area contributed by atoms with Crippen molar-refractivity contribution in [1.82, 2.24) is 9.97 Å². The van der Waals surface area contributed by atoms with Gasteiger partial charge in [-0.15, -0.1) is 0 Å². The Balaban J connectivity index is 2.08. The van der Waals surface area contributed by atoms with Crippen molar-refractivity contribution in [3.63, 3.8) is 0 Å². The van der Waals surface area contributed by atoms with E-state index in [0.29, 0.717) is 0 Å². The third-order valence-electron chi connectivity index (χ3n) is 2.86. The third kappa shape index (κ3) is 2.45. The molecular formula is C16H12N2O. The Hall–Kier alpha value is -2.68. The van der Waals surface area contributed by atoms with E-state index in [1.165, 1.54) is 6.07 Å². The fraction of sp³-hybridized carbons (Fsp3) is 0. The van der Waals surface area contributed by atoms with E-state index in [2.05, 4.69) is 9.97 Å². The molecule has 0 radical (unpaired) electrons. The van der Waals surface area contributed by atoms with E-state index < -0.39 is 0 Å². The predicted molar refractivity (Wildman–Crippen MR) is 75.7 cm³/mol. The van der Waals surface area contributed by atoms with Crippen molar-refractivity contribution < 1.29 is 0 Å². The van der Waals surface area contributed by atoms with Gasteiger partial charge < -0.3 is 4.98 Å². The minimum atomic E-state index is -0.121. The van der Waals surface area contributed by atoms with Gasteiger partial charge >= 0.3 is 0 Å². The minimum absolute atomic E-state index is 0.121. The summed E-state index contributed by atoms with van der Waals surface area (Å²) in [4.78, 5) is 18.7. The molecule has 0 bridgehead atoms. The van der Waals surface area contributed by atoms with Gasteiger partial charge in [-0.1, -0.05) is 42.5 Å². The van der Waals surface area contributed by atoms with Crippen LogP contribution in [0.5, 0.6) is 0 Å². The molecule has 3 heteroatoms. The summed E-state index contributed by atoms with van der Waals surface area (Å²) in [5.74, 6) is 0. The summed E-state index contributed by atoms with van der Waals surface area (Å²) in [5.41, 5.74) is 3.32. The summed E-state index contributed by atoms with van der Waals surface area (Å²) in [5, 5.41) is 0. The van der Waals surface area contributed by atoms with Gasteiger partial charge in [-0.25, -0.2) is 4.98 Å². The van der Waals surface area contributed by atoms with Crippen LogP contribution in [0.3, 0.4) is 0 Å². The van der Waals surface area contributed by atoms with Crippen molar-refractivity contribution in [1.29, 1.82) is 0 Å². The normalized spacial score (nSPS) is 10.3. The highest BCUT2D eigenvalue weighted by Crippen LogP contribution is 2.20. The van der Waals surface area contributed by atoms with Gasteiger partial charge in [0.1, 0.15) is 0 Å². The predicted octanol–water partition coefficient (Wildman–Crippen LogP) is 3.10. The lowest BCUT2D eigenvalue weighted by Crippen LogP contribution is -2.04. The van der Waals surface area contributed by atoms with Crippen LogP contribution in [0.25, 0.3) is 22.6 Å². The lowest BCUT2D eigenvalue weighted by atomic mass is 10.1. The molecule has 92 valence electrons. The first kappa shape index (κ1) is 11.4. The van der Waals surface area contributed by atoms with Crippen LogP contribution in [0.1, 0.15) is 0 Å². The summed E-state index contributed by atoms with van der Waals surface area (Å²) < 4.78 is 0. The van der Waals surface area contributed by atoms with Crippen LogP contribution in [0.15, 0.2) is 71.5 Å². The molecule has 3 rings (SSSR count). The number of H-pyrrole nitrogens is 1. The summed E-state index contributed by atoms with van der Waals surface area (Å²) in [6.45, 7) is 0. The van der Waals surface area contributed by atoms with Crippen LogP contribution in [0.4, 0.5) is 0 Å². The van der Waals surface area contributed by atoms with Gasteiger partial charge in [-0.3, -0.25) is 4.79 Å². The van der Waals surface area contributed by atoms with E-state index in [-0.39, 0.29) is 5.56 Å². The lowest BCUT2D eigenvalue weighted by molar-refractivity contribution is 1.20. The average molecular weight is 248 g/mol. The maximum Gasteiger partial charge on any atom is 0.248 e. The number of hydrogen-bond acceptors (Lipinski definition) is 2. The Kier molecular flexibility index (Phi) is 2.94. The SMILES string of the molecule is O=c1cccc(-c2cccc(-c3ccccc3)n2)[nH]1. The van der Waals surface area contributed by atoms with E-state index in [9.17, 15) is 4.79 Å². The molecule has 2 aromatic heterocycles. The third-order valence-corrected chi connectivity index (χ3v) is 2.86. The van der Waals surface area contributed by atoms with Crippen molar-refractivity contribution in [2.75, 3.05) is 0 Å². The zero-order valence-corrected chi connectivity index (χ0v) is 10.2. The van der Waals surface area contributed by atoms with Crippen molar-refractivity contribution in [2.45, 2.75) is 0 Å². The number of nitrogens with one attached hydrogen (secondary N) is 1. The van der Waals surface area contributed by atoms with Crippen LogP contribution in [0, 0.1) is 0 Å². The first-order valence-corrected chi connectivity index (χ1v) is 6.05. The number of rotatable bonds is 2. The Bertz CT molecular complexity index is 748. The van der Waals surface area contributed by atoms with Gasteiger partial charge in [-0.05, 0) is 18.2 Å². The van der Waals surface area contributed by atoms with Crippen LogP contribution in [0.2, 0.25) is 0 Å². The van der Waals surface area contributed by atoms with Crippen molar-refractivity contribution in [3.8, 4) is 22.6 Å². The van der Waals surface area contributed by atoms with E-state index in [4.69, 9.17) is 0 Å². The summed E-state index contributed by atoms with van der Waals surface area (Å²) in [7, 11) is 0. The fourth-order valence-corrected chi connectivity index (χ4v) is 1.95. The second-order valence-electron chi connectivity index (χ2n) is 4.20. The first-order chi connectivity index (χ1) is 9.33. The maximum atomic E-state index is 11.3. The van der Waals surface area contributed by atoms with Crippen LogP contribution in [-0.2, 0) is 0 Å². The number of pyridine rings is 2. The largest absolute Gasteiger partial charge is 0.321 e. The number of nitrogens with zero attached hydrogens (tertiary/aromatic N) is 1. The Morgan fingerprint density at radius 3 is 2.26 bits per heavy atom. The van der Waals surface area contributed by atoms with E-state index in [1.54, 1.807) is 6.07 Å². The van der Waals surface area contributed by atoms with Gasteiger partial charge in [0, 0.05) is 11.6 Å². The Morgan fingerprint density at radius 2 is 1.47 bits per heavy atom. The fourth-order valence-electron chi connectivity index (χ4n) is 1.95. The molecule has 3 nitrogen and oxygen atoms in total. The molecule has 3 aromatic rings. The van der Waals surface area contributed by atoms with Gasteiger partial charge in [0.25, 0.3) is 0 Å². The topological polar surface area (TPSA) is 45.8 Å². The molecule has 0 aliphatic carbocycles. The van der Waals surface area contributed by atoms with E-state index in [0.717, 1.165) is 22.6 Å². The highest BCUT2D eigenvalue weighted by Gasteiger charge is 2.03. The summed E-state index contributed by atoms with van der Waals surface area (Å²) in [6, 6.07) is 20.8. The standard InChI is InChI=1S/C16H12N2O/c19-16-11-5-10-15(18-16)14-9-4-8-13(17-14)12-6-2-1-3-7-12/h1-11H,(H,18,19). The smallest absolute Gasteiger partial charge is 0.248 e. The Morgan fingerprint density at radius 1 is 0.737 bits per heavy atom. The molecule has 0 aliphatic heterocycles. The highest BCUT2D eigenvalue weighted by molar-refractivity contribution is 5.63. The summed E-state index contributed by atoms with van der Waals surface area (Å²) >= 11 is 0. The molecule has 0 spiro atoms. The average Bonchev–Trinajstić information content (AvgIpc) is 2.48.